The van der Waals surface area contributed by atoms with Gasteiger partial charge in [-0.3, -0.25) is 9.52 Å². The first kappa shape index (κ1) is 5.85. The Bertz CT molecular complexity index is 122. The number of carbonyl (C=O) groups excluding carboxylic acids is 1. The molecule has 0 radical (unpaired) electrons. The third-order valence-electron chi connectivity index (χ3n) is 0.838. The van der Waals surface area contributed by atoms with Gasteiger partial charge >= 0.3 is 0 Å². The van der Waals surface area contributed by atoms with E-state index in [1.807, 2.05) is 12.2 Å². The molecule has 0 fully saturated rings. The molecule has 0 saturated carbocycles. The van der Waals surface area contributed by atoms with Gasteiger partial charge in [-0.05, 0) is 11.9 Å². The van der Waals surface area contributed by atoms with Crippen LogP contribution in [0.3, 0.4) is 0 Å². The lowest BCUT2D eigenvalue weighted by Crippen LogP contribution is -2.03. The van der Waals surface area contributed by atoms with Gasteiger partial charge in [0.25, 0.3) is 0 Å². The van der Waals surface area contributed by atoms with Crippen molar-refractivity contribution in [3.63, 3.8) is 0 Å². The maximum atomic E-state index is 10.5. The highest BCUT2D eigenvalue weighted by Crippen LogP contribution is 2.03. The molecule has 0 unspecified atom stereocenters. The Balaban J connectivity index is 2.41. The Morgan fingerprint density at radius 1 is 1.62 bits per heavy atom. The molecule has 0 amide bonds. The quantitative estimate of drug-likeness (QED) is 0.386. The molecule has 1 heterocycles. The summed E-state index contributed by atoms with van der Waals surface area (Å²) in [6, 6.07) is 0. The maximum absolute atomic E-state index is 10.5. The van der Waals surface area contributed by atoms with Crippen molar-refractivity contribution in [2.24, 2.45) is 0 Å². The SMILES string of the molecule is O=C1CC=CCNS1. The first-order valence-corrected chi connectivity index (χ1v) is 3.29. The van der Waals surface area contributed by atoms with Crippen LogP contribution in [0.2, 0.25) is 0 Å². The van der Waals surface area contributed by atoms with Crippen molar-refractivity contribution in [1.29, 1.82) is 0 Å². The highest BCUT2D eigenvalue weighted by atomic mass is 32.2. The number of carbonyl (C=O) groups is 1. The summed E-state index contributed by atoms with van der Waals surface area (Å²) in [5, 5.41) is 0.193. The van der Waals surface area contributed by atoms with Crippen LogP contribution in [0.1, 0.15) is 6.42 Å². The molecule has 0 bridgehead atoms. The number of rotatable bonds is 0. The molecule has 2 nitrogen and oxygen atoms in total. The van der Waals surface area contributed by atoms with Crippen molar-refractivity contribution >= 4 is 17.1 Å². The highest BCUT2D eigenvalue weighted by molar-refractivity contribution is 8.12. The van der Waals surface area contributed by atoms with E-state index in [9.17, 15) is 4.79 Å². The lowest BCUT2D eigenvalue weighted by Gasteiger charge is -1.90. The van der Waals surface area contributed by atoms with Crippen molar-refractivity contribution in [2.45, 2.75) is 6.42 Å². The molecule has 0 spiro atoms. The van der Waals surface area contributed by atoms with Gasteiger partial charge in [-0.2, -0.15) is 0 Å². The standard InChI is InChI=1S/C5H7NOS/c7-5-3-1-2-4-6-8-5/h1-2,6H,3-4H2. The van der Waals surface area contributed by atoms with Crippen LogP contribution in [-0.2, 0) is 4.79 Å². The minimum absolute atomic E-state index is 0.193. The number of allylic oxidation sites excluding steroid dienone is 1. The zero-order valence-electron chi connectivity index (χ0n) is 4.39. The zero-order valence-corrected chi connectivity index (χ0v) is 5.20. The first-order chi connectivity index (χ1) is 3.89. The van der Waals surface area contributed by atoms with Gasteiger partial charge in [0.15, 0.2) is 0 Å². The predicted molar refractivity (Wildman–Crippen MR) is 34.4 cm³/mol. The molecule has 0 aromatic carbocycles. The Morgan fingerprint density at radius 2 is 2.50 bits per heavy atom. The molecule has 1 N–H and O–H groups in total. The predicted octanol–water partition coefficient (Wildman–Crippen LogP) is 0.711. The molecule has 0 aliphatic carbocycles. The minimum Gasteiger partial charge on any atom is -0.285 e. The molecule has 1 rings (SSSR count). The highest BCUT2D eigenvalue weighted by Gasteiger charge is 2.00. The summed E-state index contributed by atoms with van der Waals surface area (Å²) in [6.07, 6.45) is 4.41. The summed E-state index contributed by atoms with van der Waals surface area (Å²) in [5.74, 6) is 0. The van der Waals surface area contributed by atoms with Crippen LogP contribution in [0.25, 0.3) is 0 Å². The lowest BCUT2D eigenvalue weighted by molar-refractivity contribution is -0.110. The number of nitrogens with one attached hydrogen (secondary N) is 1. The van der Waals surface area contributed by atoms with Crippen LogP contribution in [0, 0.1) is 0 Å². The van der Waals surface area contributed by atoms with Gasteiger partial charge in [0.1, 0.15) is 0 Å². The van der Waals surface area contributed by atoms with E-state index < -0.39 is 0 Å². The fourth-order valence-corrected chi connectivity index (χ4v) is 0.995. The molecule has 0 aromatic rings. The second-order valence-corrected chi connectivity index (χ2v) is 2.45. The molecule has 1 aliphatic heterocycles. The van der Waals surface area contributed by atoms with Crippen LogP contribution >= 0.6 is 11.9 Å². The van der Waals surface area contributed by atoms with Gasteiger partial charge in [-0.1, -0.05) is 12.2 Å². The molecule has 3 heteroatoms. The Morgan fingerprint density at radius 3 is 3.38 bits per heavy atom. The van der Waals surface area contributed by atoms with Crippen LogP contribution in [0.4, 0.5) is 0 Å². The lowest BCUT2D eigenvalue weighted by atomic mass is 10.4. The minimum atomic E-state index is 0.193. The van der Waals surface area contributed by atoms with E-state index in [2.05, 4.69) is 4.72 Å². The molecule has 1 aliphatic rings. The van der Waals surface area contributed by atoms with Gasteiger partial charge in [-0.15, -0.1) is 0 Å². The summed E-state index contributed by atoms with van der Waals surface area (Å²) >= 11 is 1.19. The molecule has 44 valence electrons. The Hall–Kier alpha value is -0.280. The fourth-order valence-electron chi connectivity index (χ4n) is 0.475. The Kier molecular flexibility index (Phi) is 2.11. The molecular weight excluding hydrogens is 122 g/mol. The third kappa shape index (κ3) is 1.68. The van der Waals surface area contributed by atoms with E-state index in [-0.39, 0.29) is 5.12 Å². The van der Waals surface area contributed by atoms with Crippen LogP contribution < -0.4 is 4.72 Å². The third-order valence-corrected chi connectivity index (χ3v) is 1.54. The molecule has 8 heavy (non-hydrogen) atoms. The monoisotopic (exact) mass is 129 g/mol. The van der Waals surface area contributed by atoms with Gasteiger partial charge < -0.3 is 0 Å². The maximum Gasteiger partial charge on any atom is 0.207 e. The summed E-state index contributed by atoms with van der Waals surface area (Å²) in [4.78, 5) is 10.5. The average molecular weight is 129 g/mol. The van der Waals surface area contributed by atoms with E-state index in [1.54, 1.807) is 0 Å². The second-order valence-electron chi connectivity index (χ2n) is 1.50. The normalized spacial score (nSPS) is 20.8. The van der Waals surface area contributed by atoms with E-state index in [4.69, 9.17) is 0 Å². The van der Waals surface area contributed by atoms with Gasteiger partial charge in [0, 0.05) is 13.0 Å². The summed E-state index contributed by atoms with van der Waals surface area (Å²) in [5.41, 5.74) is 0. The molecule has 0 saturated heterocycles. The second kappa shape index (κ2) is 2.89. The van der Waals surface area contributed by atoms with Crippen LogP contribution in [0.15, 0.2) is 12.2 Å². The molecule has 0 aromatic heterocycles. The molecular formula is C5H7NOS. The average Bonchev–Trinajstić information content (AvgIpc) is 1.94. The van der Waals surface area contributed by atoms with E-state index in [1.165, 1.54) is 11.9 Å². The molecule has 0 atom stereocenters. The first-order valence-electron chi connectivity index (χ1n) is 2.47. The number of hydrogen-bond donors (Lipinski definition) is 1. The van der Waals surface area contributed by atoms with Gasteiger partial charge in [0.2, 0.25) is 5.12 Å². The smallest absolute Gasteiger partial charge is 0.207 e. The zero-order chi connectivity index (χ0) is 5.82. The van der Waals surface area contributed by atoms with Crippen molar-refractivity contribution in [3.8, 4) is 0 Å². The van der Waals surface area contributed by atoms with Gasteiger partial charge in [0.05, 0.1) is 0 Å². The van der Waals surface area contributed by atoms with Crippen molar-refractivity contribution in [1.82, 2.24) is 4.72 Å². The van der Waals surface area contributed by atoms with Crippen LogP contribution in [-0.4, -0.2) is 11.7 Å². The summed E-state index contributed by atoms with van der Waals surface area (Å²) in [7, 11) is 0. The largest absolute Gasteiger partial charge is 0.285 e. The number of hydrogen-bond acceptors (Lipinski definition) is 3. The van der Waals surface area contributed by atoms with E-state index in [0.29, 0.717) is 6.42 Å². The van der Waals surface area contributed by atoms with Crippen molar-refractivity contribution in [3.05, 3.63) is 12.2 Å². The topological polar surface area (TPSA) is 29.1 Å². The summed E-state index contributed by atoms with van der Waals surface area (Å²) < 4.78 is 2.88. The van der Waals surface area contributed by atoms with E-state index >= 15 is 0 Å². The van der Waals surface area contributed by atoms with Crippen molar-refractivity contribution in [2.75, 3.05) is 6.54 Å². The fraction of sp³-hybridized carbons (Fsp3) is 0.400. The van der Waals surface area contributed by atoms with Gasteiger partial charge in [-0.25, -0.2) is 0 Å². The Labute approximate surface area is 52.5 Å². The summed E-state index contributed by atoms with van der Waals surface area (Å²) in [6.45, 7) is 0.802. The van der Waals surface area contributed by atoms with E-state index in [0.717, 1.165) is 6.54 Å². The van der Waals surface area contributed by atoms with Crippen molar-refractivity contribution < 1.29 is 4.79 Å². The van der Waals surface area contributed by atoms with Crippen LogP contribution in [0.5, 0.6) is 0 Å².